The lowest BCUT2D eigenvalue weighted by Gasteiger charge is -2.24. The quantitative estimate of drug-likeness (QED) is 0.754. The summed E-state index contributed by atoms with van der Waals surface area (Å²) in [5.41, 5.74) is 1.91. The van der Waals surface area contributed by atoms with Gasteiger partial charge in [0.05, 0.1) is 17.0 Å². The predicted molar refractivity (Wildman–Crippen MR) is 107 cm³/mol. The van der Waals surface area contributed by atoms with E-state index in [1.807, 2.05) is 65.2 Å². The summed E-state index contributed by atoms with van der Waals surface area (Å²) < 4.78 is 25.7. The molecule has 27 heavy (non-hydrogen) atoms. The third kappa shape index (κ3) is 3.62. The molecule has 5 nitrogen and oxygen atoms in total. The van der Waals surface area contributed by atoms with Crippen LogP contribution in [0.4, 0.5) is 0 Å². The summed E-state index contributed by atoms with van der Waals surface area (Å²) in [6, 6.07) is 19.7. The molecule has 1 fully saturated rings. The van der Waals surface area contributed by atoms with E-state index in [9.17, 15) is 13.2 Å². The number of hydrogen-bond acceptors (Lipinski definition) is 3. The lowest BCUT2D eigenvalue weighted by molar-refractivity contribution is 0.0906. The van der Waals surface area contributed by atoms with E-state index in [-0.39, 0.29) is 17.4 Å². The molecule has 2 aromatic carbocycles. The minimum absolute atomic E-state index is 0.00927. The van der Waals surface area contributed by atoms with Gasteiger partial charge in [-0.3, -0.25) is 4.79 Å². The van der Waals surface area contributed by atoms with E-state index < -0.39 is 15.4 Å². The van der Waals surface area contributed by atoms with Gasteiger partial charge in [0, 0.05) is 17.4 Å². The molecule has 140 valence electrons. The molecule has 1 N–H and O–H groups in total. The van der Waals surface area contributed by atoms with Gasteiger partial charge in [-0.25, -0.2) is 8.42 Å². The normalized spacial score (nSPS) is 21.4. The van der Waals surface area contributed by atoms with Crippen molar-refractivity contribution < 1.29 is 13.2 Å². The molecule has 0 saturated carbocycles. The van der Waals surface area contributed by atoms with Gasteiger partial charge in [0.15, 0.2) is 9.84 Å². The lowest BCUT2D eigenvalue weighted by atomic mass is 10.0. The van der Waals surface area contributed by atoms with Crippen molar-refractivity contribution in [2.24, 2.45) is 0 Å². The summed E-state index contributed by atoms with van der Waals surface area (Å²) in [4.78, 5) is 13.1. The van der Waals surface area contributed by atoms with Crippen molar-refractivity contribution in [1.29, 1.82) is 0 Å². The molecule has 1 saturated heterocycles. The van der Waals surface area contributed by atoms with E-state index >= 15 is 0 Å². The Morgan fingerprint density at radius 1 is 1.11 bits per heavy atom. The molecule has 3 aromatic rings. The van der Waals surface area contributed by atoms with E-state index in [1.54, 1.807) is 6.92 Å². The minimum Gasteiger partial charge on any atom is -0.345 e. The zero-order chi connectivity index (χ0) is 19.1. The maximum absolute atomic E-state index is 13.1. The number of hydrogen-bond donors (Lipinski definition) is 1. The zero-order valence-corrected chi connectivity index (χ0v) is 16.0. The van der Waals surface area contributed by atoms with E-state index in [1.165, 1.54) is 0 Å². The van der Waals surface area contributed by atoms with Crippen LogP contribution in [-0.4, -0.2) is 35.9 Å². The van der Waals surface area contributed by atoms with Crippen molar-refractivity contribution in [2.45, 2.75) is 25.4 Å². The van der Waals surface area contributed by atoms with E-state index in [0.29, 0.717) is 18.7 Å². The molecule has 1 unspecified atom stereocenters. The number of nitrogens with one attached hydrogen (secondary N) is 1. The summed E-state index contributed by atoms with van der Waals surface area (Å²) >= 11 is 0. The van der Waals surface area contributed by atoms with Crippen LogP contribution >= 0.6 is 0 Å². The van der Waals surface area contributed by atoms with E-state index in [4.69, 9.17) is 0 Å². The van der Waals surface area contributed by atoms with Crippen LogP contribution in [0, 0.1) is 0 Å². The fraction of sp³-hybridized carbons (Fsp3) is 0.286. The van der Waals surface area contributed by atoms with Crippen molar-refractivity contribution in [1.82, 2.24) is 9.88 Å². The number of carbonyl (C=O) groups is 1. The number of benzene rings is 2. The van der Waals surface area contributed by atoms with Crippen LogP contribution in [-0.2, 0) is 16.4 Å². The molecule has 2 heterocycles. The first kappa shape index (κ1) is 17.8. The Morgan fingerprint density at radius 3 is 2.52 bits per heavy atom. The second-order valence-corrected chi connectivity index (χ2v) is 9.70. The van der Waals surface area contributed by atoms with Gasteiger partial charge >= 0.3 is 0 Å². The molecule has 1 amide bonds. The third-order valence-corrected chi connectivity index (χ3v) is 7.05. The largest absolute Gasteiger partial charge is 0.345 e. The molecule has 1 atom stereocenters. The molecule has 0 radical (unpaired) electrons. The number of rotatable bonds is 4. The molecule has 6 heteroatoms. The standard InChI is InChI=1S/C21H22N2O3S/c1-21(11-12-27(25,26)15-21)22-20(24)19-13-17-9-5-6-10-18(17)23(19)14-16-7-3-2-4-8-16/h2-10,13H,11-12,14-15H2,1H3,(H,22,24). The minimum atomic E-state index is -3.09. The Balaban J connectivity index is 1.70. The van der Waals surface area contributed by atoms with Gasteiger partial charge in [-0.1, -0.05) is 48.5 Å². The van der Waals surface area contributed by atoms with Crippen molar-refractivity contribution in [3.05, 3.63) is 71.9 Å². The highest BCUT2D eigenvalue weighted by molar-refractivity contribution is 7.91. The molecule has 0 aliphatic carbocycles. The van der Waals surface area contributed by atoms with Crippen LogP contribution in [0.3, 0.4) is 0 Å². The summed E-state index contributed by atoms with van der Waals surface area (Å²) in [6.45, 7) is 2.38. The Bertz CT molecular complexity index is 1100. The number of carbonyl (C=O) groups excluding carboxylic acids is 1. The smallest absolute Gasteiger partial charge is 0.268 e. The topological polar surface area (TPSA) is 68.2 Å². The van der Waals surface area contributed by atoms with Crippen LogP contribution in [0.5, 0.6) is 0 Å². The van der Waals surface area contributed by atoms with Crippen molar-refractivity contribution in [3.63, 3.8) is 0 Å². The second-order valence-electron chi connectivity index (χ2n) is 7.52. The van der Waals surface area contributed by atoms with Crippen LogP contribution < -0.4 is 5.32 Å². The van der Waals surface area contributed by atoms with Crippen LogP contribution in [0.15, 0.2) is 60.7 Å². The summed E-state index contributed by atoms with van der Waals surface area (Å²) in [5, 5.41) is 3.96. The Morgan fingerprint density at radius 2 is 1.81 bits per heavy atom. The first-order valence-electron chi connectivity index (χ1n) is 9.00. The fourth-order valence-corrected chi connectivity index (χ4v) is 5.88. The monoisotopic (exact) mass is 382 g/mol. The van der Waals surface area contributed by atoms with Gasteiger partial charge in [-0.2, -0.15) is 0 Å². The Kier molecular flexibility index (Phi) is 4.30. The van der Waals surface area contributed by atoms with Gasteiger partial charge in [0.25, 0.3) is 5.91 Å². The summed E-state index contributed by atoms with van der Waals surface area (Å²) in [7, 11) is -3.09. The molecule has 4 rings (SSSR count). The molecule has 1 aliphatic heterocycles. The van der Waals surface area contributed by atoms with Crippen LogP contribution in [0.2, 0.25) is 0 Å². The zero-order valence-electron chi connectivity index (χ0n) is 15.2. The number of nitrogens with zero attached hydrogens (tertiary/aromatic N) is 1. The van der Waals surface area contributed by atoms with Crippen LogP contribution in [0.1, 0.15) is 29.4 Å². The SMILES string of the molecule is CC1(NC(=O)c2cc3ccccc3n2Cc2ccccc2)CCS(=O)(=O)C1. The highest BCUT2D eigenvalue weighted by Gasteiger charge is 2.40. The highest BCUT2D eigenvalue weighted by atomic mass is 32.2. The molecule has 0 bridgehead atoms. The molecular weight excluding hydrogens is 360 g/mol. The molecular formula is C21H22N2O3S. The van der Waals surface area contributed by atoms with Crippen molar-refractivity contribution in [2.75, 3.05) is 11.5 Å². The number of para-hydroxylation sites is 1. The van der Waals surface area contributed by atoms with E-state index in [2.05, 4.69) is 5.32 Å². The number of sulfone groups is 1. The van der Waals surface area contributed by atoms with Gasteiger partial charge in [-0.05, 0) is 31.0 Å². The van der Waals surface area contributed by atoms with Crippen molar-refractivity contribution in [3.8, 4) is 0 Å². The van der Waals surface area contributed by atoms with Crippen LogP contribution in [0.25, 0.3) is 10.9 Å². The highest BCUT2D eigenvalue weighted by Crippen LogP contribution is 2.25. The first-order valence-corrected chi connectivity index (χ1v) is 10.8. The fourth-order valence-electron chi connectivity index (χ4n) is 3.78. The summed E-state index contributed by atoms with van der Waals surface area (Å²) in [5.74, 6) is -0.122. The van der Waals surface area contributed by atoms with Gasteiger partial charge in [-0.15, -0.1) is 0 Å². The number of amides is 1. The Labute approximate surface area is 158 Å². The predicted octanol–water partition coefficient (Wildman–Crippen LogP) is 3.00. The van der Waals surface area contributed by atoms with Gasteiger partial charge < -0.3 is 9.88 Å². The lowest BCUT2D eigenvalue weighted by Crippen LogP contribution is -2.47. The average molecular weight is 382 g/mol. The summed E-state index contributed by atoms with van der Waals surface area (Å²) in [6.07, 6.45) is 0.444. The van der Waals surface area contributed by atoms with Crippen molar-refractivity contribution >= 4 is 26.6 Å². The maximum atomic E-state index is 13.1. The number of fused-ring (bicyclic) bond motifs is 1. The first-order chi connectivity index (χ1) is 12.9. The van der Waals surface area contributed by atoms with Gasteiger partial charge in [0.2, 0.25) is 0 Å². The molecule has 1 aliphatic rings. The third-order valence-electron chi connectivity index (χ3n) is 5.15. The Hall–Kier alpha value is -2.60. The second kappa shape index (κ2) is 6.53. The molecule has 1 aromatic heterocycles. The molecule has 0 spiro atoms. The van der Waals surface area contributed by atoms with Gasteiger partial charge in [0.1, 0.15) is 5.69 Å². The number of aromatic nitrogens is 1. The average Bonchev–Trinajstić information content (AvgIpc) is 3.13. The van der Waals surface area contributed by atoms with E-state index in [0.717, 1.165) is 16.5 Å². The maximum Gasteiger partial charge on any atom is 0.268 e.